The lowest BCUT2D eigenvalue weighted by Crippen LogP contribution is -2.27. The van der Waals surface area contributed by atoms with E-state index < -0.39 is 12.5 Å². The van der Waals surface area contributed by atoms with E-state index in [1.165, 1.54) is 7.11 Å². The van der Waals surface area contributed by atoms with Gasteiger partial charge in [-0.15, -0.1) is 0 Å². The van der Waals surface area contributed by atoms with Crippen LogP contribution in [0.1, 0.15) is 0 Å². The van der Waals surface area contributed by atoms with E-state index >= 15 is 0 Å². The normalized spacial score (nSPS) is 9.40. The molecular weight excluding hydrogens is 138 g/mol. The van der Waals surface area contributed by atoms with Gasteiger partial charge in [0.1, 0.15) is 6.61 Å². The van der Waals surface area contributed by atoms with Gasteiger partial charge in [0.25, 0.3) is 5.91 Å². The van der Waals surface area contributed by atoms with Crippen LogP contribution in [-0.4, -0.2) is 37.9 Å². The summed E-state index contributed by atoms with van der Waals surface area (Å²) >= 11 is 0. The molecule has 0 aromatic carbocycles. The van der Waals surface area contributed by atoms with Crippen molar-refractivity contribution in [1.82, 2.24) is 5.48 Å². The van der Waals surface area contributed by atoms with Gasteiger partial charge in [0.15, 0.2) is 0 Å². The van der Waals surface area contributed by atoms with Crippen LogP contribution in [0.2, 0.25) is 0 Å². The van der Waals surface area contributed by atoms with Crippen molar-refractivity contribution in [1.29, 1.82) is 0 Å². The number of rotatable bonds is 5. The summed E-state index contributed by atoms with van der Waals surface area (Å²) in [6.45, 7) is 0.126. The third kappa shape index (κ3) is 5.49. The van der Waals surface area contributed by atoms with Crippen molar-refractivity contribution in [2.75, 3.05) is 26.9 Å². The Labute approximate surface area is 58.9 Å². The number of carbonyl (C=O) groups is 1. The lowest BCUT2D eigenvalue weighted by Gasteiger charge is -2.01. The lowest BCUT2D eigenvalue weighted by atomic mass is 10.7. The summed E-state index contributed by atoms with van der Waals surface area (Å²) in [5.74, 6) is -0.559. The van der Waals surface area contributed by atoms with Crippen molar-refractivity contribution in [3.63, 3.8) is 0 Å². The number of methoxy groups -OCH3 is 1. The van der Waals surface area contributed by atoms with Gasteiger partial charge in [0.05, 0.1) is 13.2 Å². The third-order valence-electron chi connectivity index (χ3n) is 0.719. The monoisotopic (exact) mass is 149 g/mol. The van der Waals surface area contributed by atoms with E-state index in [4.69, 9.17) is 5.11 Å². The molecule has 5 heteroatoms. The zero-order valence-electron chi connectivity index (χ0n) is 5.79. The first kappa shape index (κ1) is 9.35. The van der Waals surface area contributed by atoms with E-state index in [-0.39, 0.29) is 6.61 Å². The highest BCUT2D eigenvalue weighted by molar-refractivity contribution is 5.75. The fourth-order valence-corrected chi connectivity index (χ4v) is 0.289. The SMILES string of the molecule is COCCONC(=O)CO. The standard InChI is InChI=1S/C5H11NO4/c1-9-2-3-10-6-5(8)4-7/h7H,2-4H2,1H3,(H,6,8). The highest BCUT2D eigenvalue weighted by Crippen LogP contribution is 1.70. The van der Waals surface area contributed by atoms with Crippen molar-refractivity contribution in [3.05, 3.63) is 0 Å². The second kappa shape index (κ2) is 6.47. The summed E-state index contributed by atoms with van der Waals surface area (Å²) in [6.07, 6.45) is 0. The summed E-state index contributed by atoms with van der Waals surface area (Å²) in [4.78, 5) is 14.8. The van der Waals surface area contributed by atoms with Crippen molar-refractivity contribution in [3.8, 4) is 0 Å². The average molecular weight is 149 g/mol. The molecule has 0 unspecified atom stereocenters. The van der Waals surface area contributed by atoms with E-state index in [9.17, 15) is 4.79 Å². The van der Waals surface area contributed by atoms with Crippen LogP contribution in [0.5, 0.6) is 0 Å². The van der Waals surface area contributed by atoms with E-state index in [1.54, 1.807) is 0 Å². The van der Waals surface area contributed by atoms with Gasteiger partial charge in [0, 0.05) is 7.11 Å². The molecule has 0 saturated heterocycles. The zero-order chi connectivity index (χ0) is 7.82. The number of hydroxylamine groups is 1. The first-order valence-corrected chi connectivity index (χ1v) is 2.81. The van der Waals surface area contributed by atoms with Crippen molar-refractivity contribution in [2.24, 2.45) is 0 Å². The summed E-state index contributed by atoms with van der Waals surface area (Å²) in [5, 5.41) is 8.17. The molecule has 0 radical (unpaired) electrons. The van der Waals surface area contributed by atoms with Gasteiger partial charge >= 0.3 is 0 Å². The number of hydrogen-bond acceptors (Lipinski definition) is 4. The number of aliphatic hydroxyl groups excluding tert-OH is 1. The summed E-state index contributed by atoms with van der Waals surface area (Å²) in [7, 11) is 1.53. The molecule has 0 spiro atoms. The molecule has 5 nitrogen and oxygen atoms in total. The Morgan fingerprint density at radius 1 is 1.60 bits per heavy atom. The van der Waals surface area contributed by atoms with E-state index in [0.29, 0.717) is 6.61 Å². The molecule has 0 rings (SSSR count). The molecule has 0 bridgehead atoms. The smallest absolute Gasteiger partial charge is 0.269 e. The molecule has 0 aliphatic rings. The maximum Gasteiger partial charge on any atom is 0.269 e. The topological polar surface area (TPSA) is 67.8 Å². The second-order valence-corrected chi connectivity index (χ2v) is 1.52. The molecule has 0 aromatic heterocycles. The number of carbonyl (C=O) groups excluding carboxylic acids is 1. The Hall–Kier alpha value is -0.650. The van der Waals surface area contributed by atoms with E-state index in [0.717, 1.165) is 0 Å². The second-order valence-electron chi connectivity index (χ2n) is 1.52. The van der Waals surface area contributed by atoms with Crippen LogP contribution < -0.4 is 5.48 Å². The molecule has 1 amide bonds. The van der Waals surface area contributed by atoms with Crippen LogP contribution >= 0.6 is 0 Å². The van der Waals surface area contributed by atoms with Gasteiger partial charge in [-0.05, 0) is 0 Å². The van der Waals surface area contributed by atoms with E-state index in [2.05, 4.69) is 9.57 Å². The molecule has 0 aliphatic heterocycles. The minimum atomic E-state index is -0.563. The summed E-state index contributed by atoms with van der Waals surface area (Å²) < 4.78 is 4.62. The van der Waals surface area contributed by atoms with Gasteiger partial charge in [0.2, 0.25) is 0 Å². The molecule has 0 aliphatic carbocycles. The molecular formula is C5H11NO4. The maximum absolute atomic E-state index is 10.2. The van der Waals surface area contributed by atoms with Crippen molar-refractivity contribution < 1.29 is 19.5 Å². The lowest BCUT2D eigenvalue weighted by molar-refractivity contribution is -0.137. The Balaban J connectivity index is 2.96. The molecule has 60 valence electrons. The fraction of sp³-hybridized carbons (Fsp3) is 0.800. The highest BCUT2D eigenvalue weighted by Gasteiger charge is 1.94. The summed E-state index contributed by atoms with van der Waals surface area (Å²) in [5.41, 5.74) is 2.00. The third-order valence-corrected chi connectivity index (χ3v) is 0.719. The van der Waals surface area contributed by atoms with Crippen LogP contribution in [-0.2, 0) is 14.4 Å². The molecule has 0 aromatic rings. The average Bonchev–Trinajstić information content (AvgIpc) is 1.98. The Morgan fingerprint density at radius 3 is 2.80 bits per heavy atom. The molecule has 0 fully saturated rings. The fourth-order valence-electron chi connectivity index (χ4n) is 0.289. The summed E-state index contributed by atoms with van der Waals surface area (Å²) in [6, 6.07) is 0. The predicted molar refractivity (Wildman–Crippen MR) is 33.1 cm³/mol. The molecule has 2 N–H and O–H groups in total. The quantitative estimate of drug-likeness (QED) is 0.375. The minimum Gasteiger partial charge on any atom is -0.386 e. The molecule has 0 heterocycles. The zero-order valence-corrected chi connectivity index (χ0v) is 5.79. The first-order chi connectivity index (χ1) is 4.81. The molecule has 10 heavy (non-hydrogen) atoms. The van der Waals surface area contributed by atoms with Crippen LogP contribution in [0.3, 0.4) is 0 Å². The Kier molecular flexibility index (Phi) is 6.05. The van der Waals surface area contributed by atoms with Crippen molar-refractivity contribution in [2.45, 2.75) is 0 Å². The number of ether oxygens (including phenoxy) is 1. The Bertz CT molecular complexity index is 95.6. The number of amides is 1. The highest BCUT2D eigenvalue weighted by atomic mass is 16.7. The van der Waals surface area contributed by atoms with E-state index in [1.807, 2.05) is 5.48 Å². The van der Waals surface area contributed by atoms with Crippen LogP contribution in [0.25, 0.3) is 0 Å². The Morgan fingerprint density at radius 2 is 2.30 bits per heavy atom. The molecule has 0 atom stereocenters. The van der Waals surface area contributed by atoms with Gasteiger partial charge < -0.3 is 9.84 Å². The first-order valence-electron chi connectivity index (χ1n) is 2.81. The van der Waals surface area contributed by atoms with Crippen LogP contribution in [0.15, 0.2) is 0 Å². The number of hydrogen-bond donors (Lipinski definition) is 2. The van der Waals surface area contributed by atoms with Gasteiger partial charge in [-0.25, -0.2) is 5.48 Å². The van der Waals surface area contributed by atoms with Gasteiger partial charge in [-0.2, -0.15) is 0 Å². The predicted octanol–water partition coefficient (Wildman–Crippen LogP) is -1.33. The minimum absolute atomic E-state index is 0.280. The van der Waals surface area contributed by atoms with Gasteiger partial charge in [-0.3, -0.25) is 9.63 Å². The maximum atomic E-state index is 10.2. The molecule has 0 saturated carbocycles. The number of nitrogens with one attached hydrogen (secondary N) is 1. The van der Waals surface area contributed by atoms with Crippen LogP contribution in [0.4, 0.5) is 0 Å². The number of aliphatic hydroxyl groups is 1. The largest absolute Gasteiger partial charge is 0.386 e. The van der Waals surface area contributed by atoms with Crippen LogP contribution in [0, 0.1) is 0 Å². The van der Waals surface area contributed by atoms with Gasteiger partial charge in [-0.1, -0.05) is 0 Å². The van der Waals surface area contributed by atoms with Crippen molar-refractivity contribution >= 4 is 5.91 Å².